The first-order chi connectivity index (χ1) is 6.06. The number of ether oxygens (including phenoxy) is 2. The van der Waals surface area contributed by atoms with E-state index in [1.165, 1.54) is 0 Å². The van der Waals surface area contributed by atoms with E-state index >= 15 is 0 Å². The third-order valence-electron chi connectivity index (χ3n) is 1.29. The Labute approximate surface area is 83.8 Å². The molecule has 0 aromatic rings. The van der Waals surface area contributed by atoms with E-state index in [9.17, 15) is 0 Å². The lowest BCUT2D eigenvalue weighted by Crippen LogP contribution is -2.29. The van der Waals surface area contributed by atoms with Crippen LogP contribution in [-0.2, 0) is 9.47 Å². The summed E-state index contributed by atoms with van der Waals surface area (Å²) in [4.78, 5) is 0. The summed E-state index contributed by atoms with van der Waals surface area (Å²) in [6.45, 7) is 9.93. The zero-order valence-corrected chi connectivity index (χ0v) is 10.7. The van der Waals surface area contributed by atoms with Crippen LogP contribution in [0.4, 0.5) is 0 Å². The van der Waals surface area contributed by atoms with Crippen molar-refractivity contribution < 1.29 is 9.47 Å². The van der Waals surface area contributed by atoms with Crippen molar-refractivity contribution >= 4 is 9.52 Å². The monoisotopic (exact) mass is 200 g/mol. The summed E-state index contributed by atoms with van der Waals surface area (Å²) in [7, 11) is -0.566. The molecular formula is C10H20O2Si. The van der Waals surface area contributed by atoms with Gasteiger partial charge in [0.05, 0.1) is 12.2 Å². The highest BCUT2D eigenvalue weighted by Gasteiger charge is 2.12. The van der Waals surface area contributed by atoms with E-state index in [2.05, 4.69) is 11.5 Å². The summed E-state index contributed by atoms with van der Waals surface area (Å²) in [6.07, 6.45) is 0.435. The van der Waals surface area contributed by atoms with Crippen molar-refractivity contribution in [1.29, 1.82) is 0 Å². The highest BCUT2D eigenvalue weighted by Crippen LogP contribution is 2.02. The molecule has 0 rings (SSSR count). The minimum atomic E-state index is -0.566. The van der Waals surface area contributed by atoms with E-state index in [1.54, 1.807) is 0 Å². The largest absolute Gasteiger partial charge is 0.353 e. The Bertz CT molecular complexity index is 169. The molecule has 0 fully saturated rings. The van der Waals surface area contributed by atoms with Gasteiger partial charge in [-0.3, -0.25) is 0 Å². The van der Waals surface area contributed by atoms with Crippen molar-refractivity contribution in [3.05, 3.63) is 0 Å². The Kier molecular flexibility index (Phi) is 6.97. The van der Waals surface area contributed by atoms with Crippen LogP contribution in [0.15, 0.2) is 0 Å². The van der Waals surface area contributed by atoms with Gasteiger partial charge in [0.1, 0.15) is 5.91 Å². The second-order valence-corrected chi connectivity index (χ2v) is 4.86. The van der Waals surface area contributed by atoms with Crippen molar-refractivity contribution in [2.24, 2.45) is 0 Å². The van der Waals surface area contributed by atoms with Crippen LogP contribution in [0, 0.1) is 11.5 Å². The topological polar surface area (TPSA) is 18.5 Å². The minimum Gasteiger partial charge on any atom is -0.353 e. The van der Waals surface area contributed by atoms with Gasteiger partial charge in [0.25, 0.3) is 0 Å². The molecule has 0 N–H and O–H groups in total. The molecule has 0 heterocycles. The summed E-state index contributed by atoms with van der Waals surface area (Å²) in [5.41, 5.74) is 3.10. The first-order valence-electron chi connectivity index (χ1n) is 4.76. The zero-order chi connectivity index (χ0) is 10.3. The van der Waals surface area contributed by atoms with E-state index in [4.69, 9.17) is 9.47 Å². The quantitative estimate of drug-likeness (QED) is 0.378. The van der Waals surface area contributed by atoms with Gasteiger partial charge < -0.3 is 9.47 Å². The van der Waals surface area contributed by atoms with Gasteiger partial charge in [-0.2, -0.15) is 0 Å². The van der Waals surface area contributed by atoms with Gasteiger partial charge in [-0.1, -0.05) is 0 Å². The van der Waals surface area contributed by atoms with Gasteiger partial charge in [0.15, 0.2) is 9.52 Å². The lowest BCUT2D eigenvalue weighted by atomic mass is 10.5. The minimum absolute atomic E-state index is 0.0487. The molecule has 0 saturated carbocycles. The summed E-state index contributed by atoms with van der Waals surface area (Å²) >= 11 is 0. The maximum Gasteiger partial charge on any atom is 0.172 e. The lowest BCUT2D eigenvalue weighted by Gasteiger charge is -2.20. The molecule has 0 radical (unpaired) electrons. The van der Waals surface area contributed by atoms with Gasteiger partial charge in [-0.05, 0) is 34.6 Å². The molecule has 76 valence electrons. The number of hydrogen-bond acceptors (Lipinski definition) is 2. The van der Waals surface area contributed by atoms with Crippen LogP contribution in [0.2, 0.25) is 0 Å². The predicted octanol–water partition coefficient (Wildman–Crippen LogP) is 1.27. The molecule has 0 spiro atoms. The van der Waals surface area contributed by atoms with Crippen LogP contribution in [0.1, 0.15) is 34.6 Å². The van der Waals surface area contributed by atoms with Crippen LogP contribution in [0.5, 0.6) is 0 Å². The van der Waals surface area contributed by atoms with Crippen LogP contribution in [0.25, 0.3) is 0 Å². The van der Waals surface area contributed by atoms with Gasteiger partial charge in [-0.25, -0.2) is 0 Å². The molecule has 0 saturated heterocycles. The molecule has 0 aliphatic heterocycles. The summed E-state index contributed by atoms with van der Waals surface area (Å²) in [6, 6.07) is 0. The molecular weight excluding hydrogens is 180 g/mol. The average molecular weight is 200 g/mol. The number of rotatable bonds is 5. The Morgan fingerprint density at radius 3 is 1.77 bits per heavy atom. The summed E-state index contributed by atoms with van der Waals surface area (Å²) in [5, 5.41) is 0. The van der Waals surface area contributed by atoms with Gasteiger partial charge in [0.2, 0.25) is 0 Å². The average Bonchev–Trinajstić information content (AvgIpc) is 1.98. The van der Waals surface area contributed by atoms with Crippen molar-refractivity contribution in [2.75, 3.05) is 0 Å². The lowest BCUT2D eigenvalue weighted by molar-refractivity contribution is -0.133. The van der Waals surface area contributed by atoms with E-state index in [0.29, 0.717) is 0 Å². The molecule has 0 aromatic heterocycles. The molecule has 0 aromatic carbocycles. The molecule has 13 heavy (non-hydrogen) atoms. The highest BCUT2D eigenvalue weighted by atomic mass is 28.2. The maximum atomic E-state index is 5.60. The third-order valence-corrected chi connectivity index (χ3v) is 2.57. The first kappa shape index (κ1) is 12.7. The van der Waals surface area contributed by atoms with Crippen LogP contribution < -0.4 is 0 Å². The van der Waals surface area contributed by atoms with Crippen molar-refractivity contribution in [3.8, 4) is 11.5 Å². The van der Waals surface area contributed by atoms with Gasteiger partial charge >= 0.3 is 0 Å². The standard InChI is InChI=1S/C10H20O2Si/c1-6-7-13-10(11-8(2)3)12-9(4)5/h8-10H,13H2,1-5H3. The fraction of sp³-hybridized carbons (Fsp3) is 0.800. The molecule has 3 heteroatoms. The van der Waals surface area contributed by atoms with Crippen LogP contribution in [-0.4, -0.2) is 27.6 Å². The Morgan fingerprint density at radius 1 is 1.00 bits per heavy atom. The van der Waals surface area contributed by atoms with E-state index in [1.807, 2.05) is 34.6 Å². The van der Waals surface area contributed by atoms with E-state index in [0.717, 1.165) is 0 Å². The van der Waals surface area contributed by atoms with Crippen molar-refractivity contribution in [2.45, 2.75) is 52.7 Å². The third kappa shape index (κ3) is 8.04. The Morgan fingerprint density at radius 2 is 1.46 bits per heavy atom. The van der Waals surface area contributed by atoms with Gasteiger partial charge in [0, 0.05) is 0 Å². The fourth-order valence-corrected chi connectivity index (χ4v) is 2.25. The molecule has 0 aliphatic rings. The summed E-state index contributed by atoms with van der Waals surface area (Å²) < 4.78 is 11.2. The Balaban J connectivity index is 3.92. The Hall–Kier alpha value is -0.303. The first-order valence-corrected chi connectivity index (χ1v) is 6.29. The smallest absolute Gasteiger partial charge is 0.172 e. The summed E-state index contributed by atoms with van der Waals surface area (Å²) in [5.74, 6) is 2.85. The van der Waals surface area contributed by atoms with E-state index < -0.39 is 9.52 Å². The SMILES string of the molecule is CC#C[SiH2]C(OC(C)C)OC(C)C. The predicted molar refractivity (Wildman–Crippen MR) is 58.2 cm³/mol. The van der Waals surface area contributed by atoms with Crippen LogP contribution >= 0.6 is 0 Å². The van der Waals surface area contributed by atoms with Gasteiger partial charge in [-0.15, -0.1) is 11.5 Å². The second kappa shape index (κ2) is 7.13. The molecule has 0 atom stereocenters. The zero-order valence-electron chi connectivity index (χ0n) is 9.26. The normalized spacial score (nSPS) is 11.7. The molecule has 0 unspecified atom stereocenters. The molecule has 2 nitrogen and oxygen atoms in total. The number of hydrogen-bond donors (Lipinski definition) is 0. The van der Waals surface area contributed by atoms with Crippen molar-refractivity contribution in [3.63, 3.8) is 0 Å². The van der Waals surface area contributed by atoms with E-state index in [-0.39, 0.29) is 18.1 Å². The molecule has 0 bridgehead atoms. The second-order valence-electron chi connectivity index (χ2n) is 3.43. The highest BCUT2D eigenvalue weighted by molar-refractivity contribution is 6.47. The maximum absolute atomic E-state index is 5.60. The fourth-order valence-electron chi connectivity index (χ4n) is 0.921. The molecule has 0 amide bonds. The van der Waals surface area contributed by atoms with Crippen molar-refractivity contribution in [1.82, 2.24) is 0 Å². The van der Waals surface area contributed by atoms with Crippen LogP contribution in [0.3, 0.4) is 0 Å². The molecule has 0 aliphatic carbocycles.